The van der Waals surface area contributed by atoms with Crippen LogP contribution >= 0.6 is 28.3 Å². The molecular formula is C17H22BrClN2O2. The highest BCUT2D eigenvalue weighted by molar-refractivity contribution is 9.10. The lowest BCUT2D eigenvalue weighted by Crippen LogP contribution is -2.46. The number of nitrogens with two attached hydrogens (primary N) is 1. The molecule has 0 spiro atoms. The Balaban J connectivity index is 0.000000406. The lowest BCUT2D eigenvalue weighted by molar-refractivity contribution is -0.122. The fourth-order valence-electron chi connectivity index (χ4n) is 1.93. The molecule has 0 atom stereocenters. The second kappa shape index (κ2) is 10.2. The number of rotatable bonds is 3. The number of primary amides is 1. The van der Waals surface area contributed by atoms with Crippen LogP contribution in [0.2, 0.25) is 0 Å². The van der Waals surface area contributed by atoms with E-state index in [0.717, 1.165) is 0 Å². The van der Waals surface area contributed by atoms with Gasteiger partial charge in [-0.25, -0.2) is 4.79 Å². The summed E-state index contributed by atoms with van der Waals surface area (Å²) in [5.74, 6) is -0.375. The van der Waals surface area contributed by atoms with Crippen molar-refractivity contribution in [2.24, 2.45) is 5.73 Å². The largest absolute Gasteiger partial charge is 0.351 e. The molecule has 0 aliphatic carbocycles. The molecule has 0 fully saturated rings. The van der Waals surface area contributed by atoms with Gasteiger partial charge in [-0.05, 0) is 23.6 Å². The molecule has 0 heterocycles. The first-order chi connectivity index (χ1) is 10.4. The number of urea groups is 1. The molecule has 0 aromatic heterocycles. The highest BCUT2D eigenvalue weighted by Gasteiger charge is 2.32. The minimum absolute atomic E-state index is 0. The van der Waals surface area contributed by atoms with Crippen LogP contribution in [0.15, 0.2) is 48.5 Å². The Morgan fingerprint density at radius 1 is 1.00 bits per heavy atom. The molecule has 0 saturated carbocycles. The summed E-state index contributed by atoms with van der Waals surface area (Å²) in [6, 6.07) is 15.9. The van der Waals surface area contributed by atoms with Crippen molar-refractivity contribution in [1.82, 2.24) is 5.32 Å². The summed E-state index contributed by atoms with van der Waals surface area (Å²) >= 11 is 3.26. The minimum Gasteiger partial charge on any atom is -0.351 e. The summed E-state index contributed by atoms with van der Waals surface area (Å²) < 4.78 is -0.665. The van der Waals surface area contributed by atoms with Crippen LogP contribution in [0.5, 0.6) is 0 Å². The number of amides is 3. The number of hydrogen-bond acceptors (Lipinski definition) is 2. The van der Waals surface area contributed by atoms with Gasteiger partial charge in [-0.3, -0.25) is 10.1 Å². The number of fused-ring (bicyclic) bond motifs is 1. The zero-order chi connectivity index (χ0) is 16.6. The summed E-state index contributed by atoms with van der Waals surface area (Å²) in [5, 5.41) is 4.66. The van der Waals surface area contributed by atoms with E-state index >= 15 is 0 Å². The Kier molecular flexibility index (Phi) is 9.53. The van der Waals surface area contributed by atoms with Gasteiger partial charge in [-0.1, -0.05) is 78.3 Å². The molecule has 4 nitrogen and oxygen atoms in total. The molecule has 126 valence electrons. The summed E-state index contributed by atoms with van der Waals surface area (Å²) in [7, 11) is 0. The summed E-state index contributed by atoms with van der Waals surface area (Å²) in [6.07, 6.45) is 1.23. The molecule has 0 saturated heterocycles. The van der Waals surface area contributed by atoms with Crippen LogP contribution in [0.25, 0.3) is 10.8 Å². The third-order valence-corrected chi connectivity index (χ3v) is 4.90. The van der Waals surface area contributed by atoms with Crippen molar-refractivity contribution in [1.29, 1.82) is 0 Å². The van der Waals surface area contributed by atoms with Gasteiger partial charge in [-0.15, -0.1) is 12.4 Å². The first kappa shape index (κ1) is 21.4. The van der Waals surface area contributed by atoms with Gasteiger partial charge in [-0.2, -0.15) is 0 Å². The summed E-state index contributed by atoms with van der Waals surface area (Å²) in [4.78, 5) is 21.6. The van der Waals surface area contributed by atoms with Gasteiger partial charge in [0.1, 0.15) is 4.32 Å². The average Bonchev–Trinajstić information content (AvgIpc) is 2.54. The number of carbonyl (C=O) groups excluding carboxylic acids is 2. The van der Waals surface area contributed by atoms with Crippen LogP contribution in [-0.2, 0) is 4.79 Å². The van der Waals surface area contributed by atoms with Crippen LogP contribution in [0, 0.1) is 0 Å². The van der Waals surface area contributed by atoms with Gasteiger partial charge < -0.3 is 5.73 Å². The maximum Gasteiger partial charge on any atom is 0.318 e. The van der Waals surface area contributed by atoms with Crippen molar-refractivity contribution in [3.8, 4) is 0 Å². The van der Waals surface area contributed by atoms with Gasteiger partial charge in [0.05, 0.1) is 0 Å². The van der Waals surface area contributed by atoms with E-state index in [1.807, 2.05) is 19.2 Å². The van der Waals surface area contributed by atoms with E-state index in [2.05, 4.69) is 64.5 Å². The Morgan fingerprint density at radius 3 is 1.61 bits per heavy atom. The SMILES string of the molecule is CCC(Br)(CC)C(=O)NC(N)=O.Cl.c1ccc2ccccc2c1. The molecule has 0 bridgehead atoms. The summed E-state index contributed by atoms with van der Waals surface area (Å²) in [6.45, 7) is 3.72. The Hall–Kier alpha value is -1.59. The Morgan fingerprint density at radius 2 is 1.35 bits per heavy atom. The lowest BCUT2D eigenvalue weighted by Gasteiger charge is -2.21. The van der Waals surface area contributed by atoms with Gasteiger partial charge in [0, 0.05) is 0 Å². The zero-order valence-corrected chi connectivity index (χ0v) is 15.6. The standard InChI is InChI=1S/C10H8.C7H13BrN2O2.ClH/c1-2-6-10-8-4-3-7-9(10)5-1;1-3-7(8,4-2)5(11)10-6(9)12;/h1-8H;3-4H2,1-2H3,(H3,9,10,11,12);1H. The van der Waals surface area contributed by atoms with Crippen LogP contribution in [0.3, 0.4) is 0 Å². The molecule has 6 heteroatoms. The maximum atomic E-state index is 11.3. The quantitative estimate of drug-likeness (QED) is 0.748. The maximum absolute atomic E-state index is 11.3. The van der Waals surface area contributed by atoms with Gasteiger partial charge in [0.15, 0.2) is 0 Å². The van der Waals surface area contributed by atoms with E-state index in [1.54, 1.807) is 0 Å². The highest BCUT2D eigenvalue weighted by Crippen LogP contribution is 2.26. The molecular weight excluding hydrogens is 380 g/mol. The monoisotopic (exact) mass is 400 g/mol. The molecule has 2 aromatic rings. The predicted molar refractivity (Wildman–Crippen MR) is 101 cm³/mol. The van der Waals surface area contributed by atoms with Crippen LogP contribution in [0.1, 0.15) is 26.7 Å². The van der Waals surface area contributed by atoms with E-state index in [0.29, 0.717) is 12.8 Å². The fraction of sp³-hybridized carbons (Fsp3) is 0.294. The number of halogens is 2. The molecule has 0 aliphatic heterocycles. The third kappa shape index (κ3) is 6.59. The van der Waals surface area contributed by atoms with Crippen molar-refractivity contribution < 1.29 is 9.59 Å². The van der Waals surface area contributed by atoms with Crippen molar-refractivity contribution in [2.45, 2.75) is 31.0 Å². The van der Waals surface area contributed by atoms with Gasteiger partial charge in [0.2, 0.25) is 5.91 Å². The number of imide groups is 1. The molecule has 3 N–H and O–H groups in total. The first-order valence-corrected chi connectivity index (χ1v) is 7.95. The van der Waals surface area contributed by atoms with Gasteiger partial charge in [0.25, 0.3) is 0 Å². The predicted octanol–water partition coefficient (Wildman–Crippen LogP) is 4.40. The van der Waals surface area contributed by atoms with Gasteiger partial charge >= 0.3 is 6.03 Å². The van der Waals surface area contributed by atoms with E-state index in [4.69, 9.17) is 5.73 Å². The number of hydrogen-bond donors (Lipinski definition) is 2. The second-order valence-electron chi connectivity index (χ2n) is 4.84. The normalized spacial score (nSPS) is 10.0. The Labute approximate surface area is 151 Å². The number of carbonyl (C=O) groups is 2. The zero-order valence-electron chi connectivity index (χ0n) is 13.2. The molecule has 0 aliphatic rings. The molecule has 2 rings (SSSR count). The van der Waals surface area contributed by atoms with Crippen molar-refractivity contribution in [2.75, 3.05) is 0 Å². The topological polar surface area (TPSA) is 72.2 Å². The van der Waals surface area contributed by atoms with E-state index in [9.17, 15) is 9.59 Å². The van der Waals surface area contributed by atoms with Crippen LogP contribution in [-0.4, -0.2) is 16.3 Å². The van der Waals surface area contributed by atoms with E-state index in [1.165, 1.54) is 10.8 Å². The lowest BCUT2D eigenvalue weighted by atomic mass is 10.0. The number of nitrogens with one attached hydrogen (secondary N) is 1. The second-order valence-corrected chi connectivity index (χ2v) is 6.36. The smallest absolute Gasteiger partial charge is 0.318 e. The minimum atomic E-state index is -0.814. The van der Waals surface area contributed by atoms with Crippen molar-refractivity contribution in [3.05, 3.63) is 48.5 Å². The average molecular weight is 402 g/mol. The van der Waals surface area contributed by atoms with Crippen LogP contribution < -0.4 is 11.1 Å². The number of alkyl halides is 1. The summed E-state index contributed by atoms with van der Waals surface area (Å²) in [5.41, 5.74) is 4.81. The Bertz CT molecular complexity index is 580. The van der Waals surface area contributed by atoms with Crippen LogP contribution in [0.4, 0.5) is 4.79 Å². The molecule has 0 radical (unpaired) electrons. The fourth-order valence-corrected chi connectivity index (χ4v) is 2.03. The molecule has 0 unspecified atom stereocenters. The van der Waals surface area contributed by atoms with E-state index < -0.39 is 10.4 Å². The van der Waals surface area contributed by atoms with E-state index in [-0.39, 0.29) is 18.3 Å². The van der Waals surface area contributed by atoms with Crippen molar-refractivity contribution >= 4 is 51.0 Å². The highest BCUT2D eigenvalue weighted by atomic mass is 79.9. The molecule has 2 aromatic carbocycles. The third-order valence-electron chi connectivity index (χ3n) is 3.42. The number of benzene rings is 2. The first-order valence-electron chi connectivity index (χ1n) is 7.16. The molecule has 23 heavy (non-hydrogen) atoms. The van der Waals surface area contributed by atoms with Crippen molar-refractivity contribution in [3.63, 3.8) is 0 Å². The molecule has 3 amide bonds.